The molecule has 2 aliphatic heterocycles. The highest BCUT2D eigenvalue weighted by Crippen LogP contribution is 2.13. The average Bonchev–Trinajstić information content (AvgIpc) is 2.72. The van der Waals surface area contributed by atoms with Crippen molar-refractivity contribution in [3.63, 3.8) is 0 Å². The fraction of sp³-hybridized carbons (Fsp3) is 0.632. The Labute approximate surface area is 161 Å². The molecule has 0 bridgehead atoms. The molecule has 0 N–H and O–H groups in total. The summed E-state index contributed by atoms with van der Waals surface area (Å²) in [5.74, 6) is 1.21. The van der Waals surface area contributed by atoms with E-state index in [0.717, 1.165) is 64.7 Å². The number of anilines is 1. The van der Waals surface area contributed by atoms with Crippen LogP contribution < -0.4 is 4.90 Å². The Hall–Kier alpha value is -2.35. The van der Waals surface area contributed by atoms with E-state index in [2.05, 4.69) is 14.8 Å². The second kappa shape index (κ2) is 9.03. The van der Waals surface area contributed by atoms with E-state index in [9.17, 15) is 9.59 Å². The summed E-state index contributed by atoms with van der Waals surface area (Å²) >= 11 is 0. The molecule has 1 aromatic rings. The fourth-order valence-corrected chi connectivity index (χ4v) is 3.58. The molecule has 148 valence electrons. The van der Waals surface area contributed by atoms with Crippen LogP contribution in [0.1, 0.15) is 6.42 Å². The summed E-state index contributed by atoms with van der Waals surface area (Å²) < 4.78 is 0. The maximum atomic E-state index is 12.5. The van der Waals surface area contributed by atoms with Crippen molar-refractivity contribution in [2.24, 2.45) is 0 Å². The van der Waals surface area contributed by atoms with Crippen molar-refractivity contribution in [3.8, 4) is 0 Å². The molecule has 0 aromatic carbocycles. The van der Waals surface area contributed by atoms with Gasteiger partial charge in [-0.1, -0.05) is 6.07 Å². The largest absolute Gasteiger partial charge is 0.353 e. The van der Waals surface area contributed by atoms with Gasteiger partial charge in [-0.25, -0.2) is 9.78 Å². The van der Waals surface area contributed by atoms with E-state index in [1.54, 1.807) is 25.2 Å². The molecule has 27 heavy (non-hydrogen) atoms. The summed E-state index contributed by atoms with van der Waals surface area (Å²) in [5, 5.41) is 0. The van der Waals surface area contributed by atoms with E-state index >= 15 is 0 Å². The molecular formula is C19H30N6O2. The molecule has 2 fully saturated rings. The minimum Gasteiger partial charge on any atom is -0.353 e. The lowest BCUT2D eigenvalue weighted by atomic mass is 10.2. The van der Waals surface area contributed by atoms with Crippen LogP contribution >= 0.6 is 0 Å². The molecule has 0 atom stereocenters. The molecule has 8 nitrogen and oxygen atoms in total. The van der Waals surface area contributed by atoms with Crippen molar-refractivity contribution in [1.82, 2.24) is 24.6 Å². The Morgan fingerprint density at radius 2 is 1.63 bits per heavy atom. The number of amides is 3. The third-order valence-electron chi connectivity index (χ3n) is 5.27. The molecule has 0 saturated carbocycles. The lowest BCUT2D eigenvalue weighted by Gasteiger charge is -2.37. The van der Waals surface area contributed by atoms with E-state index < -0.39 is 0 Å². The molecule has 0 aliphatic carbocycles. The Bertz CT molecular complexity index is 622. The summed E-state index contributed by atoms with van der Waals surface area (Å²) in [4.78, 5) is 38.8. The standard InChI is InChI=1S/C19H30N6O2/c1-21(2)19(27)25-11-9-22(10-12-25)8-6-18(26)24-15-13-23(14-16-24)17-5-3-4-7-20-17/h3-5,7H,6,8-16H2,1-2H3. The minimum atomic E-state index is 0.0662. The highest BCUT2D eigenvalue weighted by Gasteiger charge is 2.24. The summed E-state index contributed by atoms with van der Waals surface area (Å²) in [6.07, 6.45) is 2.35. The molecule has 3 heterocycles. The van der Waals surface area contributed by atoms with Crippen molar-refractivity contribution in [1.29, 1.82) is 0 Å². The number of nitrogens with zero attached hydrogens (tertiary/aromatic N) is 6. The van der Waals surface area contributed by atoms with Gasteiger partial charge in [0.1, 0.15) is 5.82 Å². The van der Waals surface area contributed by atoms with Crippen LogP contribution in [0, 0.1) is 0 Å². The molecule has 3 amide bonds. The predicted molar refractivity (Wildman–Crippen MR) is 105 cm³/mol. The van der Waals surface area contributed by atoms with E-state index in [0.29, 0.717) is 6.42 Å². The van der Waals surface area contributed by atoms with Crippen molar-refractivity contribution < 1.29 is 9.59 Å². The predicted octanol–water partition coefficient (Wildman–Crippen LogP) is 0.420. The summed E-state index contributed by atoms with van der Waals surface area (Å²) in [5.41, 5.74) is 0. The van der Waals surface area contributed by atoms with Crippen molar-refractivity contribution in [3.05, 3.63) is 24.4 Å². The second-order valence-electron chi connectivity index (χ2n) is 7.31. The van der Waals surface area contributed by atoms with Gasteiger partial charge in [0.25, 0.3) is 0 Å². The SMILES string of the molecule is CN(C)C(=O)N1CCN(CCC(=O)N2CCN(c3ccccn3)CC2)CC1. The van der Waals surface area contributed by atoms with E-state index in [1.165, 1.54) is 0 Å². The minimum absolute atomic E-state index is 0.0662. The van der Waals surface area contributed by atoms with Crippen LogP contribution in [-0.2, 0) is 4.79 Å². The third kappa shape index (κ3) is 5.09. The maximum absolute atomic E-state index is 12.5. The zero-order chi connectivity index (χ0) is 19.2. The topological polar surface area (TPSA) is 63.2 Å². The maximum Gasteiger partial charge on any atom is 0.319 e. The fourth-order valence-electron chi connectivity index (χ4n) is 3.58. The van der Waals surface area contributed by atoms with Crippen molar-refractivity contribution in [2.45, 2.75) is 6.42 Å². The first-order valence-corrected chi connectivity index (χ1v) is 9.67. The number of piperazine rings is 2. The van der Waals surface area contributed by atoms with Crippen LogP contribution in [0.3, 0.4) is 0 Å². The summed E-state index contributed by atoms with van der Waals surface area (Å²) in [6.45, 7) is 7.05. The van der Waals surface area contributed by atoms with Gasteiger partial charge in [0.05, 0.1) is 0 Å². The summed E-state index contributed by atoms with van der Waals surface area (Å²) in [7, 11) is 3.56. The van der Waals surface area contributed by atoms with Crippen LogP contribution in [0.5, 0.6) is 0 Å². The zero-order valence-electron chi connectivity index (χ0n) is 16.4. The lowest BCUT2D eigenvalue weighted by Crippen LogP contribution is -2.52. The van der Waals surface area contributed by atoms with Gasteiger partial charge in [-0.05, 0) is 12.1 Å². The molecule has 0 unspecified atom stereocenters. The van der Waals surface area contributed by atoms with E-state index in [-0.39, 0.29) is 11.9 Å². The molecule has 2 saturated heterocycles. The first kappa shape index (κ1) is 19.4. The van der Waals surface area contributed by atoms with E-state index in [4.69, 9.17) is 0 Å². The normalized spacial score (nSPS) is 18.5. The molecule has 3 rings (SSSR count). The van der Waals surface area contributed by atoms with Crippen LogP contribution in [-0.4, -0.2) is 110 Å². The Kier molecular flexibility index (Phi) is 6.49. The zero-order valence-corrected chi connectivity index (χ0v) is 16.4. The summed E-state index contributed by atoms with van der Waals surface area (Å²) in [6, 6.07) is 5.99. The third-order valence-corrected chi connectivity index (χ3v) is 5.27. The Balaban J connectivity index is 1.36. The number of pyridine rings is 1. The molecule has 2 aliphatic rings. The van der Waals surface area contributed by atoms with Gasteiger partial charge in [0, 0.05) is 85.6 Å². The molecule has 8 heteroatoms. The number of hydrogen-bond acceptors (Lipinski definition) is 5. The Morgan fingerprint density at radius 1 is 0.963 bits per heavy atom. The first-order valence-electron chi connectivity index (χ1n) is 9.67. The van der Waals surface area contributed by atoms with Gasteiger partial charge in [-0.15, -0.1) is 0 Å². The number of carbonyl (C=O) groups is 2. The van der Waals surface area contributed by atoms with Crippen LogP contribution in [0.25, 0.3) is 0 Å². The number of aromatic nitrogens is 1. The van der Waals surface area contributed by atoms with Crippen LogP contribution in [0.2, 0.25) is 0 Å². The molecule has 1 aromatic heterocycles. The van der Waals surface area contributed by atoms with Gasteiger partial charge in [0.15, 0.2) is 0 Å². The lowest BCUT2D eigenvalue weighted by molar-refractivity contribution is -0.131. The van der Waals surface area contributed by atoms with Crippen molar-refractivity contribution >= 4 is 17.8 Å². The van der Waals surface area contributed by atoms with Gasteiger partial charge in [-0.3, -0.25) is 9.69 Å². The first-order chi connectivity index (χ1) is 13.0. The van der Waals surface area contributed by atoms with Crippen LogP contribution in [0.4, 0.5) is 10.6 Å². The van der Waals surface area contributed by atoms with E-state index in [1.807, 2.05) is 28.0 Å². The Morgan fingerprint density at radius 3 is 2.22 bits per heavy atom. The second-order valence-corrected chi connectivity index (χ2v) is 7.31. The number of hydrogen-bond donors (Lipinski definition) is 0. The van der Waals surface area contributed by atoms with Gasteiger partial charge >= 0.3 is 6.03 Å². The molecule has 0 radical (unpaired) electrons. The monoisotopic (exact) mass is 374 g/mol. The molecular weight excluding hydrogens is 344 g/mol. The van der Waals surface area contributed by atoms with Gasteiger partial charge in [0.2, 0.25) is 5.91 Å². The quantitative estimate of drug-likeness (QED) is 0.764. The molecule has 0 spiro atoms. The van der Waals surface area contributed by atoms with Gasteiger partial charge < -0.3 is 19.6 Å². The van der Waals surface area contributed by atoms with Crippen LogP contribution in [0.15, 0.2) is 24.4 Å². The highest BCUT2D eigenvalue weighted by molar-refractivity contribution is 5.76. The van der Waals surface area contributed by atoms with Gasteiger partial charge in [-0.2, -0.15) is 0 Å². The highest BCUT2D eigenvalue weighted by atomic mass is 16.2. The number of carbonyl (C=O) groups excluding carboxylic acids is 2. The number of rotatable bonds is 4. The smallest absolute Gasteiger partial charge is 0.319 e. The number of urea groups is 1. The average molecular weight is 374 g/mol. The van der Waals surface area contributed by atoms with Crippen molar-refractivity contribution in [2.75, 3.05) is 77.9 Å².